The highest BCUT2D eigenvalue weighted by atomic mass is 19.2. The molecule has 1 nitrogen and oxygen atoms in total. The Bertz CT molecular complexity index is 454. The third-order valence-electron chi connectivity index (χ3n) is 3.85. The summed E-state index contributed by atoms with van der Waals surface area (Å²) in [6.45, 7) is 5.79. The first-order chi connectivity index (χ1) is 7.75. The van der Waals surface area contributed by atoms with Gasteiger partial charge < -0.3 is 5.73 Å². The summed E-state index contributed by atoms with van der Waals surface area (Å²) in [5.41, 5.74) is 6.30. The molecule has 1 aromatic rings. The molecule has 1 saturated carbocycles. The number of hydrogen-bond acceptors (Lipinski definition) is 1. The number of rotatable bonds is 1. The molecule has 1 aliphatic rings. The quantitative estimate of drug-likeness (QED) is 0.795. The van der Waals surface area contributed by atoms with Gasteiger partial charge >= 0.3 is 0 Å². The molecule has 0 heterocycles. The van der Waals surface area contributed by atoms with Gasteiger partial charge in [-0.05, 0) is 37.2 Å². The Morgan fingerprint density at radius 2 is 1.76 bits per heavy atom. The molecule has 1 atom stereocenters. The molecule has 2 rings (SSSR count). The van der Waals surface area contributed by atoms with Gasteiger partial charge in [0.05, 0.1) is 0 Å². The van der Waals surface area contributed by atoms with Gasteiger partial charge in [-0.3, -0.25) is 0 Å². The van der Waals surface area contributed by atoms with E-state index in [1.165, 1.54) is 0 Å². The fraction of sp³-hybridized carbons (Fsp3) is 0.571. The van der Waals surface area contributed by atoms with E-state index in [1.807, 2.05) is 0 Å². The van der Waals surface area contributed by atoms with Crippen molar-refractivity contribution in [1.29, 1.82) is 0 Å². The first-order valence-electron chi connectivity index (χ1n) is 5.99. The van der Waals surface area contributed by atoms with Gasteiger partial charge in [-0.2, -0.15) is 0 Å². The van der Waals surface area contributed by atoms with E-state index in [0.717, 1.165) is 6.42 Å². The normalized spacial score (nSPS) is 27.4. The van der Waals surface area contributed by atoms with Crippen molar-refractivity contribution in [2.75, 3.05) is 0 Å². The van der Waals surface area contributed by atoms with Crippen molar-refractivity contribution in [3.63, 3.8) is 0 Å². The molecule has 0 radical (unpaired) electrons. The van der Waals surface area contributed by atoms with Crippen LogP contribution in [0.4, 0.5) is 8.78 Å². The highest BCUT2D eigenvalue weighted by molar-refractivity contribution is 5.32. The molecule has 0 aromatic heterocycles. The van der Waals surface area contributed by atoms with Crippen LogP contribution in [0.25, 0.3) is 0 Å². The molecule has 0 spiro atoms. The van der Waals surface area contributed by atoms with Gasteiger partial charge in [0, 0.05) is 11.1 Å². The Morgan fingerprint density at radius 3 is 2.29 bits per heavy atom. The first kappa shape index (κ1) is 12.5. The Labute approximate surface area is 101 Å². The van der Waals surface area contributed by atoms with E-state index in [9.17, 15) is 8.78 Å². The van der Waals surface area contributed by atoms with E-state index in [4.69, 9.17) is 5.73 Å². The molecule has 0 amide bonds. The summed E-state index contributed by atoms with van der Waals surface area (Å²) in [5, 5.41) is 0. The molecule has 3 heteroatoms. The highest BCUT2D eigenvalue weighted by Crippen LogP contribution is 2.48. The summed E-state index contributed by atoms with van der Waals surface area (Å²) in [7, 11) is 0. The minimum Gasteiger partial charge on any atom is -0.321 e. The summed E-state index contributed by atoms with van der Waals surface area (Å²) in [4.78, 5) is 0. The summed E-state index contributed by atoms with van der Waals surface area (Å²) >= 11 is 0. The van der Waals surface area contributed by atoms with Crippen molar-refractivity contribution in [2.45, 2.75) is 45.6 Å². The van der Waals surface area contributed by atoms with Crippen LogP contribution in [0.15, 0.2) is 12.1 Å². The third kappa shape index (κ3) is 2.08. The standard InChI is InChI=1S/C14H19F2N/c1-9-4-5-10(12(16)11(9)15)14(17)7-6-13(2,3)8-14/h4-5H,6-8,17H2,1-3H3. The molecule has 2 N–H and O–H groups in total. The maximum Gasteiger partial charge on any atom is 0.164 e. The highest BCUT2D eigenvalue weighted by Gasteiger charge is 2.43. The smallest absolute Gasteiger partial charge is 0.164 e. The van der Waals surface area contributed by atoms with E-state index in [1.54, 1.807) is 19.1 Å². The predicted molar refractivity (Wildman–Crippen MR) is 64.6 cm³/mol. The second-order valence-electron chi connectivity index (χ2n) is 6.06. The molecular formula is C14H19F2N. The largest absolute Gasteiger partial charge is 0.321 e. The van der Waals surface area contributed by atoms with Crippen molar-refractivity contribution >= 4 is 0 Å². The average molecular weight is 239 g/mol. The van der Waals surface area contributed by atoms with E-state index in [0.29, 0.717) is 24.0 Å². The van der Waals surface area contributed by atoms with Crippen LogP contribution >= 0.6 is 0 Å². The maximum absolute atomic E-state index is 14.0. The zero-order chi connectivity index (χ0) is 12.8. The summed E-state index contributed by atoms with van der Waals surface area (Å²) in [6.07, 6.45) is 2.34. The van der Waals surface area contributed by atoms with Crippen molar-refractivity contribution < 1.29 is 8.78 Å². The molecule has 17 heavy (non-hydrogen) atoms. The molecule has 0 aliphatic heterocycles. The lowest BCUT2D eigenvalue weighted by atomic mass is 9.83. The van der Waals surface area contributed by atoms with Gasteiger partial charge in [-0.25, -0.2) is 8.78 Å². The zero-order valence-corrected chi connectivity index (χ0v) is 10.6. The van der Waals surface area contributed by atoms with Gasteiger partial charge in [-0.1, -0.05) is 26.0 Å². The van der Waals surface area contributed by atoms with Crippen LogP contribution in [0.3, 0.4) is 0 Å². The summed E-state index contributed by atoms with van der Waals surface area (Å²) in [5.74, 6) is -1.54. The Hall–Kier alpha value is -0.960. The van der Waals surface area contributed by atoms with Crippen LogP contribution in [0, 0.1) is 24.0 Å². The fourth-order valence-electron chi connectivity index (χ4n) is 2.85. The van der Waals surface area contributed by atoms with Crippen molar-refractivity contribution in [1.82, 2.24) is 0 Å². The summed E-state index contributed by atoms with van der Waals surface area (Å²) in [6, 6.07) is 3.24. The monoisotopic (exact) mass is 239 g/mol. The van der Waals surface area contributed by atoms with Gasteiger partial charge in [0.25, 0.3) is 0 Å². The third-order valence-corrected chi connectivity index (χ3v) is 3.85. The SMILES string of the molecule is Cc1ccc(C2(N)CCC(C)(C)C2)c(F)c1F. The number of hydrogen-bond donors (Lipinski definition) is 1. The molecule has 1 fully saturated rings. The Balaban J connectivity index is 2.45. The van der Waals surface area contributed by atoms with Crippen LogP contribution in [0.2, 0.25) is 0 Å². The lowest BCUT2D eigenvalue weighted by Gasteiger charge is -2.27. The Kier molecular flexibility index (Phi) is 2.77. The second-order valence-corrected chi connectivity index (χ2v) is 6.06. The van der Waals surface area contributed by atoms with Gasteiger partial charge in [-0.15, -0.1) is 0 Å². The molecule has 94 valence electrons. The zero-order valence-electron chi connectivity index (χ0n) is 10.6. The molecule has 1 unspecified atom stereocenters. The molecule has 1 aliphatic carbocycles. The number of aryl methyl sites for hydroxylation is 1. The lowest BCUT2D eigenvalue weighted by Crippen LogP contribution is -2.36. The van der Waals surface area contributed by atoms with Gasteiger partial charge in [0.1, 0.15) is 0 Å². The van der Waals surface area contributed by atoms with Crippen LogP contribution in [0.1, 0.15) is 44.2 Å². The molecule has 1 aromatic carbocycles. The van der Waals surface area contributed by atoms with E-state index >= 15 is 0 Å². The first-order valence-corrected chi connectivity index (χ1v) is 5.99. The van der Waals surface area contributed by atoms with E-state index in [-0.39, 0.29) is 5.41 Å². The predicted octanol–water partition coefficient (Wildman–Crippen LogP) is 3.64. The average Bonchev–Trinajstić information content (AvgIpc) is 2.50. The molecule has 0 saturated heterocycles. The van der Waals surface area contributed by atoms with E-state index < -0.39 is 17.2 Å². The van der Waals surface area contributed by atoms with Crippen LogP contribution < -0.4 is 5.73 Å². The van der Waals surface area contributed by atoms with Crippen LogP contribution in [-0.4, -0.2) is 0 Å². The minimum absolute atomic E-state index is 0.0998. The second kappa shape index (κ2) is 3.77. The topological polar surface area (TPSA) is 26.0 Å². The Morgan fingerprint density at radius 1 is 1.12 bits per heavy atom. The van der Waals surface area contributed by atoms with E-state index in [2.05, 4.69) is 13.8 Å². The lowest BCUT2D eigenvalue weighted by molar-refractivity contribution is 0.330. The van der Waals surface area contributed by atoms with Crippen molar-refractivity contribution in [3.05, 3.63) is 34.9 Å². The van der Waals surface area contributed by atoms with Crippen molar-refractivity contribution in [2.24, 2.45) is 11.1 Å². The number of benzene rings is 1. The van der Waals surface area contributed by atoms with Gasteiger partial charge in [0.2, 0.25) is 0 Å². The molecular weight excluding hydrogens is 220 g/mol. The van der Waals surface area contributed by atoms with Crippen LogP contribution in [0.5, 0.6) is 0 Å². The number of nitrogens with two attached hydrogens (primary N) is 1. The fourth-order valence-corrected chi connectivity index (χ4v) is 2.85. The molecule has 0 bridgehead atoms. The van der Waals surface area contributed by atoms with Crippen molar-refractivity contribution in [3.8, 4) is 0 Å². The van der Waals surface area contributed by atoms with Crippen LogP contribution in [-0.2, 0) is 5.54 Å². The minimum atomic E-state index is -0.773. The summed E-state index contributed by atoms with van der Waals surface area (Å²) < 4.78 is 27.5. The maximum atomic E-state index is 14.0. The van der Waals surface area contributed by atoms with Gasteiger partial charge in [0.15, 0.2) is 11.6 Å². The number of halogens is 2.